The van der Waals surface area contributed by atoms with Crippen molar-refractivity contribution in [2.75, 3.05) is 0 Å². The molecular formula is C37H67ClO. The Labute approximate surface area is 250 Å². The molecule has 1 aromatic carbocycles. The van der Waals surface area contributed by atoms with E-state index in [1.807, 2.05) is 12.1 Å². The average Bonchev–Trinajstić information content (AvgIpc) is 2.94. The van der Waals surface area contributed by atoms with Crippen LogP contribution in [0.1, 0.15) is 199 Å². The number of phenolic OH excluding ortho intramolecular Hbond substituents is 1. The molecular weight excluding hydrogens is 496 g/mol. The average molecular weight is 563 g/mol. The quantitative estimate of drug-likeness (QED) is 0.0924. The Bertz CT molecular complexity index is 628. The van der Waals surface area contributed by atoms with Gasteiger partial charge in [-0.2, -0.15) is 0 Å². The predicted octanol–water partition coefficient (Wildman–Crippen LogP) is 13.9. The van der Waals surface area contributed by atoms with Crippen LogP contribution in [-0.4, -0.2) is 5.11 Å². The highest BCUT2D eigenvalue weighted by Gasteiger charge is 2.01. The second-order valence-corrected chi connectivity index (χ2v) is 12.8. The van der Waals surface area contributed by atoms with Gasteiger partial charge in [0, 0.05) is 0 Å². The highest BCUT2D eigenvalue weighted by Crippen LogP contribution is 2.24. The van der Waals surface area contributed by atoms with Crippen LogP contribution in [0.25, 0.3) is 0 Å². The van der Waals surface area contributed by atoms with E-state index in [0.717, 1.165) is 6.42 Å². The smallest absolute Gasteiger partial charge is 0.134 e. The van der Waals surface area contributed by atoms with Gasteiger partial charge in [0.2, 0.25) is 0 Å². The molecule has 228 valence electrons. The lowest BCUT2D eigenvalue weighted by Crippen LogP contribution is -1.87. The highest BCUT2D eigenvalue weighted by molar-refractivity contribution is 6.32. The van der Waals surface area contributed by atoms with Crippen LogP contribution in [0.4, 0.5) is 0 Å². The zero-order valence-corrected chi connectivity index (χ0v) is 27.0. The van der Waals surface area contributed by atoms with Gasteiger partial charge < -0.3 is 5.11 Å². The molecule has 0 aliphatic carbocycles. The van der Waals surface area contributed by atoms with Crippen LogP contribution in [0, 0.1) is 0 Å². The van der Waals surface area contributed by atoms with Crippen molar-refractivity contribution >= 4 is 11.6 Å². The third kappa shape index (κ3) is 24.8. The summed E-state index contributed by atoms with van der Waals surface area (Å²) in [5, 5.41) is 9.97. The van der Waals surface area contributed by atoms with Crippen molar-refractivity contribution in [3.63, 3.8) is 0 Å². The minimum Gasteiger partial charge on any atom is -0.506 e. The van der Waals surface area contributed by atoms with Crippen LogP contribution in [0.3, 0.4) is 0 Å². The van der Waals surface area contributed by atoms with Gasteiger partial charge in [0.15, 0.2) is 0 Å². The van der Waals surface area contributed by atoms with Crippen molar-refractivity contribution in [3.8, 4) is 5.75 Å². The molecule has 0 amide bonds. The van der Waals surface area contributed by atoms with Crippen molar-refractivity contribution in [2.45, 2.75) is 200 Å². The molecule has 2 heteroatoms. The summed E-state index contributed by atoms with van der Waals surface area (Å²) in [7, 11) is 0. The number of hydrogen-bond donors (Lipinski definition) is 1. The van der Waals surface area contributed by atoms with E-state index in [0.29, 0.717) is 5.02 Å². The van der Waals surface area contributed by atoms with E-state index in [2.05, 4.69) is 6.92 Å². The monoisotopic (exact) mass is 562 g/mol. The Morgan fingerprint density at radius 2 is 0.718 bits per heavy atom. The first-order valence-electron chi connectivity index (χ1n) is 17.7. The highest BCUT2D eigenvalue weighted by atomic mass is 35.5. The molecule has 0 heterocycles. The maximum atomic E-state index is 9.49. The molecule has 0 atom stereocenters. The summed E-state index contributed by atoms with van der Waals surface area (Å²) >= 11 is 5.98. The van der Waals surface area contributed by atoms with E-state index >= 15 is 0 Å². The molecule has 0 bridgehead atoms. The summed E-state index contributed by atoms with van der Waals surface area (Å²) in [4.78, 5) is 0. The Morgan fingerprint density at radius 3 is 1.00 bits per heavy atom. The van der Waals surface area contributed by atoms with Gasteiger partial charge in [-0.1, -0.05) is 204 Å². The van der Waals surface area contributed by atoms with Crippen molar-refractivity contribution in [3.05, 3.63) is 28.8 Å². The molecule has 1 aromatic rings. The van der Waals surface area contributed by atoms with Crippen LogP contribution in [0.15, 0.2) is 18.2 Å². The van der Waals surface area contributed by atoms with E-state index < -0.39 is 0 Å². The Balaban J connectivity index is 1.66. The summed E-state index contributed by atoms with van der Waals surface area (Å²) in [5.41, 5.74) is 1.24. The van der Waals surface area contributed by atoms with Gasteiger partial charge in [0.25, 0.3) is 0 Å². The van der Waals surface area contributed by atoms with E-state index in [1.54, 1.807) is 6.07 Å². The van der Waals surface area contributed by atoms with Gasteiger partial charge in [-0.25, -0.2) is 0 Å². The van der Waals surface area contributed by atoms with Gasteiger partial charge >= 0.3 is 0 Å². The van der Waals surface area contributed by atoms with Crippen LogP contribution in [0.5, 0.6) is 5.75 Å². The largest absolute Gasteiger partial charge is 0.506 e. The second-order valence-electron chi connectivity index (χ2n) is 12.4. The molecule has 39 heavy (non-hydrogen) atoms. The predicted molar refractivity (Wildman–Crippen MR) is 176 cm³/mol. The SMILES string of the molecule is CCCCCCCCCCCCCCCCCCCCCCCCCCCCCCCc1ccc(O)c(Cl)c1. The number of halogens is 1. The fourth-order valence-corrected chi connectivity index (χ4v) is 6.08. The molecule has 0 aliphatic heterocycles. The lowest BCUT2D eigenvalue weighted by molar-refractivity contribution is 0.475. The van der Waals surface area contributed by atoms with E-state index in [9.17, 15) is 5.11 Å². The zero-order chi connectivity index (χ0) is 28.1. The van der Waals surface area contributed by atoms with E-state index in [-0.39, 0.29) is 5.75 Å². The Kier molecular flexibility index (Phi) is 26.9. The van der Waals surface area contributed by atoms with E-state index in [1.165, 1.54) is 192 Å². The molecule has 0 unspecified atom stereocenters. The third-order valence-electron chi connectivity index (χ3n) is 8.58. The minimum atomic E-state index is 0.186. The van der Waals surface area contributed by atoms with Gasteiger partial charge in [0.1, 0.15) is 5.75 Å². The second kappa shape index (κ2) is 28.8. The first-order chi connectivity index (χ1) is 19.2. The van der Waals surface area contributed by atoms with E-state index in [4.69, 9.17) is 11.6 Å². The van der Waals surface area contributed by atoms with Crippen LogP contribution < -0.4 is 0 Å². The zero-order valence-electron chi connectivity index (χ0n) is 26.3. The number of hydrogen-bond acceptors (Lipinski definition) is 1. The molecule has 0 aromatic heterocycles. The lowest BCUT2D eigenvalue weighted by atomic mass is 10.0. The van der Waals surface area contributed by atoms with Gasteiger partial charge in [-0.15, -0.1) is 0 Å². The molecule has 0 aliphatic rings. The molecule has 0 saturated carbocycles. The molecule has 0 saturated heterocycles. The maximum absolute atomic E-state index is 9.49. The summed E-state index contributed by atoms with van der Waals surface area (Å²) in [6, 6.07) is 5.60. The topological polar surface area (TPSA) is 20.2 Å². The third-order valence-corrected chi connectivity index (χ3v) is 8.88. The van der Waals surface area contributed by atoms with Crippen molar-refractivity contribution in [1.29, 1.82) is 0 Å². The molecule has 0 spiro atoms. The van der Waals surface area contributed by atoms with Gasteiger partial charge in [-0.3, -0.25) is 0 Å². The Hall–Kier alpha value is -0.690. The van der Waals surface area contributed by atoms with Crippen molar-refractivity contribution < 1.29 is 5.11 Å². The van der Waals surface area contributed by atoms with Crippen molar-refractivity contribution in [1.82, 2.24) is 0 Å². The van der Waals surface area contributed by atoms with Crippen LogP contribution in [-0.2, 0) is 6.42 Å². The summed E-state index contributed by atoms with van der Waals surface area (Å²) in [5.74, 6) is 0.186. The Morgan fingerprint density at radius 1 is 0.436 bits per heavy atom. The van der Waals surface area contributed by atoms with Gasteiger partial charge in [-0.05, 0) is 30.5 Å². The fourth-order valence-electron chi connectivity index (χ4n) is 5.88. The lowest BCUT2D eigenvalue weighted by Gasteiger charge is -2.05. The fraction of sp³-hybridized carbons (Fsp3) is 0.838. The van der Waals surface area contributed by atoms with Crippen LogP contribution >= 0.6 is 11.6 Å². The molecule has 1 N–H and O–H groups in total. The first kappa shape index (κ1) is 36.3. The minimum absolute atomic E-state index is 0.186. The summed E-state index contributed by atoms with van der Waals surface area (Å²) in [6.07, 6.45) is 42.8. The van der Waals surface area contributed by atoms with Gasteiger partial charge in [0.05, 0.1) is 5.02 Å². The standard InChI is InChI=1S/C37H67ClO/c1-2-3-4-5-6-7-8-9-10-11-12-13-14-15-16-17-18-19-20-21-22-23-24-25-26-27-28-29-30-31-35-32-33-37(39)36(38)34-35/h32-34,39H,2-31H2,1H3. The number of aryl methyl sites for hydroxylation is 1. The first-order valence-corrected chi connectivity index (χ1v) is 18.1. The summed E-state index contributed by atoms with van der Waals surface area (Å²) in [6.45, 7) is 2.30. The molecule has 0 radical (unpaired) electrons. The molecule has 1 nitrogen and oxygen atoms in total. The number of aromatic hydroxyl groups is 1. The van der Waals surface area contributed by atoms with Crippen LogP contribution in [0.2, 0.25) is 5.02 Å². The molecule has 0 fully saturated rings. The summed E-state index contributed by atoms with van der Waals surface area (Å²) < 4.78 is 0. The number of unbranched alkanes of at least 4 members (excludes halogenated alkanes) is 28. The molecule has 1 rings (SSSR count). The number of benzene rings is 1. The maximum Gasteiger partial charge on any atom is 0.134 e. The number of rotatable bonds is 30. The van der Waals surface area contributed by atoms with Crippen molar-refractivity contribution in [2.24, 2.45) is 0 Å². The normalized spacial score (nSPS) is 11.4. The number of phenols is 1.